The van der Waals surface area contributed by atoms with E-state index in [4.69, 9.17) is 0 Å². The Labute approximate surface area is 191 Å². The lowest BCUT2D eigenvalue weighted by Crippen LogP contribution is -2.50. The maximum absolute atomic E-state index is 13.3. The van der Waals surface area contributed by atoms with Crippen LogP contribution in [0.4, 0.5) is 0 Å². The minimum Gasteiger partial charge on any atom is -0.345 e. The zero-order chi connectivity index (χ0) is 23.2. The van der Waals surface area contributed by atoms with E-state index in [-0.39, 0.29) is 23.9 Å². The van der Waals surface area contributed by atoms with Crippen LogP contribution < -0.4 is 0 Å². The fraction of sp³-hybridized carbons (Fsp3) is 0.261. The van der Waals surface area contributed by atoms with E-state index in [1.54, 1.807) is 29.4 Å². The molecule has 1 aliphatic rings. The quantitative estimate of drug-likeness (QED) is 0.500. The van der Waals surface area contributed by atoms with E-state index in [0.29, 0.717) is 29.7 Å². The lowest BCUT2D eigenvalue weighted by molar-refractivity contribution is 0.0697. The Bertz CT molecular complexity index is 1430. The number of piperazine rings is 1. The Morgan fingerprint density at radius 3 is 2.48 bits per heavy atom. The van der Waals surface area contributed by atoms with Crippen LogP contribution in [0, 0.1) is 13.8 Å². The number of rotatable bonds is 4. The maximum atomic E-state index is 13.3. The number of pyridine rings is 2. The number of carbonyl (C=O) groups is 1. The number of fused-ring (bicyclic) bond motifs is 1. The average molecular weight is 465 g/mol. The Kier molecular flexibility index (Phi) is 5.26. The number of nitrogens with one attached hydrogen (secondary N) is 1. The number of carbonyl (C=O) groups excluding carboxylic acids is 1. The van der Waals surface area contributed by atoms with Crippen molar-refractivity contribution in [3.05, 3.63) is 71.9 Å². The first-order chi connectivity index (χ1) is 15.9. The van der Waals surface area contributed by atoms with Crippen LogP contribution in [-0.2, 0) is 10.0 Å². The molecule has 5 heterocycles. The van der Waals surface area contributed by atoms with Gasteiger partial charge in [-0.1, -0.05) is 6.07 Å². The predicted octanol–water partition coefficient (Wildman–Crippen LogP) is 2.51. The highest BCUT2D eigenvalue weighted by molar-refractivity contribution is 7.89. The van der Waals surface area contributed by atoms with Gasteiger partial charge in [0.05, 0.1) is 5.56 Å². The third kappa shape index (κ3) is 3.61. The zero-order valence-corrected chi connectivity index (χ0v) is 19.2. The van der Waals surface area contributed by atoms with Crippen LogP contribution in [0.3, 0.4) is 0 Å². The highest BCUT2D eigenvalue weighted by atomic mass is 32.2. The van der Waals surface area contributed by atoms with Crippen molar-refractivity contribution in [2.75, 3.05) is 26.2 Å². The molecule has 1 N–H and O–H groups in total. The molecule has 0 unspecified atom stereocenters. The summed E-state index contributed by atoms with van der Waals surface area (Å²) in [6.07, 6.45) is 4.82. The second-order valence-corrected chi connectivity index (χ2v) is 9.96. The van der Waals surface area contributed by atoms with Crippen LogP contribution in [0.25, 0.3) is 16.9 Å². The number of amides is 1. The van der Waals surface area contributed by atoms with Gasteiger partial charge in [-0.3, -0.25) is 4.79 Å². The molecule has 170 valence electrons. The number of hydrogen-bond donors (Lipinski definition) is 1. The monoisotopic (exact) mass is 464 g/mol. The van der Waals surface area contributed by atoms with Gasteiger partial charge in [0.15, 0.2) is 0 Å². The topological polar surface area (TPSA) is 104 Å². The highest BCUT2D eigenvalue weighted by Gasteiger charge is 2.33. The molecule has 4 aromatic rings. The van der Waals surface area contributed by atoms with Crippen LogP contribution in [0.2, 0.25) is 0 Å². The molecule has 0 aromatic carbocycles. The lowest BCUT2D eigenvalue weighted by Gasteiger charge is -2.34. The first-order valence-corrected chi connectivity index (χ1v) is 12.1. The second kappa shape index (κ2) is 8.13. The van der Waals surface area contributed by atoms with Crippen molar-refractivity contribution in [1.29, 1.82) is 0 Å². The molecule has 1 fully saturated rings. The highest BCUT2D eigenvalue weighted by Crippen LogP contribution is 2.26. The standard InChI is InChI=1S/C23H24N6O3S/c1-16-14-19(17(2)29(16)21-7-3-4-8-24-21)23(30)27-10-12-28(13-11-27)33(31,32)20-15-26-22-18(20)6-5-9-25-22/h3-9,14-15H,10-13H2,1-2H3,(H,25,26). The molecule has 0 spiro atoms. The van der Waals surface area contributed by atoms with Gasteiger partial charge in [0.1, 0.15) is 16.4 Å². The number of hydrogen-bond acceptors (Lipinski definition) is 5. The number of H-pyrrole nitrogens is 1. The molecule has 10 heteroatoms. The van der Waals surface area contributed by atoms with E-state index in [2.05, 4.69) is 15.0 Å². The molecule has 1 aliphatic heterocycles. The molecule has 0 bridgehead atoms. The molecule has 1 saturated heterocycles. The van der Waals surface area contributed by atoms with Crippen LogP contribution in [0.5, 0.6) is 0 Å². The average Bonchev–Trinajstić information content (AvgIpc) is 3.40. The molecule has 5 rings (SSSR count). The normalized spacial score (nSPS) is 15.3. The molecule has 4 aromatic heterocycles. The summed E-state index contributed by atoms with van der Waals surface area (Å²) in [7, 11) is -3.69. The van der Waals surface area contributed by atoms with Crippen molar-refractivity contribution in [2.45, 2.75) is 18.7 Å². The van der Waals surface area contributed by atoms with Gasteiger partial charge in [-0.2, -0.15) is 4.31 Å². The van der Waals surface area contributed by atoms with Crippen molar-refractivity contribution in [3.63, 3.8) is 0 Å². The van der Waals surface area contributed by atoms with Gasteiger partial charge in [0.25, 0.3) is 5.91 Å². The number of aromatic nitrogens is 4. The summed E-state index contributed by atoms with van der Waals surface area (Å²) >= 11 is 0. The second-order valence-electron chi connectivity index (χ2n) is 8.06. The largest absolute Gasteiger partial charge is 0.345 e. The number of aryl methyl sites for hydroxylation is 1. The van der Waals surface area contributed by atoms with Gasteiger partial charge in [-0.25, -0.2) is 18.4 Å². The van der Waals surface area contributed by atoms with Gasteiger partial charge < -0.3 is 14.5 Å². The first-order valence-electron chi connectivity index (χ1n) is 10.7. The summed E-state index contributed by atoms with van der Waals surface area (Å²) in [5, 5.41) is 0.568. The number of nitrogens with zero attached hydrogens (tertiary/aromatic N) is 5. The van der Waals surface area contributed by atoms with Gasteiger partial charge in [-0.05, 0) is 44.2 Å². The van der Waals surface area contributed by atoms with Gasteiger partial charge in [0, 0.05) is 61.5 Å². The van der Waals surface area contributed by atoms with Crippen LogP contribution >= 0.6 is 0 Å². The fourth-order valence-corrected chi connectivity index (χ4v) is 5.98. The van der Waals surface area contributed by atoms with Crippen molar-refractivity contribution in [3.8, 4) is 5.82 Å². The van der Waals surface area contributed by atoms with E-state index in [1.807, 2.05) is 42.7 Å². The van der Waals surface area contributed by atoms with Crippen molar-refractivity contribution in [2.24, 2.45) is 0 Å². The van der Waals surface area contributed by atoms with Crippen LogP contribution in [-0.4, -0.2) is 69.2 Å². The molecule has 0 radical (unpaired) electrons. The van der Waals surface area contributed by atoms with E-state index in [1.165, 1.54) is 10.5 Å². The Morgan fingerprint density at radius 2 is 1.76 bits per heavy atom. The fourth-order valence-electron chi connectivity index (χ4n) is 4.40. The predicted molar refractivity (Wildman–Crippen MR) is 124 cm³/mol. The third-order valence-corrected chi connectivity index (χ3v) is 8.04. The number of sulfonamides is 1. The Balaban J connectivity index is 1.34. The summed E-state index contributed by atoms with van der Waals surface area (Å²) in [4.78, 5) is 26.7. The third-order valence-electron chi connectivity index (χ3n) is 6.10. The van der Waals surface area contributed by atoms with Gasteiger partial charge in [0.2, 0.25) is 10.0 Å². The van der Waals surface area contributed by atoms with Gasteiger partial charge >= 0.3 is 0 Å². The molecule has 1 amide bonds. The molecule has 0 atom stereocenters. The minimum absolute atomic E-state index is 0.0985. The molecule has 0 saturated carbocycles. The molecule has 0 aliphatic carbocycles. The molecule has 33 heavy (non-hydrogen) atoms. The Morgan fingerprint density at radius 1 is 1.00 bits per heavy atom. The smallest absolute Gasteiger partial charge is 0.255 e. The first kappa shape index (κ1) is 21.4. The summed E-state index contributed by atoms with van der Waals surface area (Å²) < 4.78 is 29.9. The summed E-state index contributed by atoms with van der Waals surface area (Å²) in [5.74, 6) is 0.661. The minimum atomic E-state index is -3.69. The summed E-state index contributed by atoms with van der Waals surface area (Å²) in [6.45, 7) is 4.97. The SMILES string of the molecule is Cc1cc(C(=O)N2CCN(S(=O)(=O)c3c[nH]c4ncccc34)CC2)c(C)n1-c1ccccn1. The van der Waals surface area contributed by atoms with Crippen molar-refractivity contribution in [1.82, 2.24) is 28.7 Å². The van der Waals surface area contributed by atoms with Crippen molar-refractivity contribution < 1.29 is 13.2 Å². The van der Waals surface area contributed by atoms with E-state index in [0.717, 1.165) is 17.2 Å². The molecular formula is C23H24N6O3S. The van der Waals surface area contributed by atoms with E-state index >= 15 is 0 Å². The summed E-state index contributed by atoms with van der Waals surface area (Å²) in [5.41, 5.74) is 2.88. The van der Waals surface area contributed by atoms with Crippen LogP contribution in [0.15, 0.2) is 59.9 Å². The van der Waals surface area contributed by atoms with Gasteiger partial charge in [-0.15, -0.1) is 0 Å². The zero-order valence-electron chi connectivity index (χ0n) is 18.4. The van der Waals surface area contributed by atoms with Crippen LogP contribution in [0.1, 0.15) is 21.7 Å². The number of aromatic amines is 1. The summed E-state index contributed by atoms with van der Waals surface area (Å²) in [6, 6.07) is 11.0. The molecular weight excluding hydrogens is 440 g/mol. The lowest BCUT2D eigenvalue weighted by atomic mass is 10.2. The molecule has 9 nitrogen and oxygen atoms in total. The van der Waals surface area contributed by atoms with E-state index in [9.17, 15) is 13.2 Å². The maximum Gasteiger partial charge on any atom is 0.255 e. The van der Waals surface area contributed by atoms with E-state index < -0.39 is 10.0 Å². The Hall–Kier alpha value is -3.50. The van der Waals surface area contributed by atoms with Crippen molar-refractivity contribution >= 4 is 27.0 Å².